The highest BCUT2D eigenvalue weighted by molar-refractivity contribution is 5.92. The fourth-order valence-electron chi connectivity index (χ4n) is 1.74. The van der Waals surface area contributed by atoms with E-state index in [1.165, 1.54) is 7.11 Å². The van der Waals surface area contributed by atoms with Crippen molar-refractivity contribution in [1.29, 1.82) is 0 Å². The van der Waals surface area contributed by atoms with E-state index in [2.05, 4.69) is 10.6 Å². The molecule has 0 heterocycles. The highest BCUT2D eigenvalue weighted by Crippen LogP contribution is 2.11. The molecule has 0 aromatic heterocycles. The number of hydrogen-bond donors (Lipinski definition) is 2. The van der Waals surface area contributed by atoms with Crippen molar-refractivity contribution in [2.75, 3.05) is 12.4 Å². The number of carbonyl (C=O) groups excluding carboxylic acids is 2. The van der Waals surface area contributed by atoms with Crippen LogP contribution in [0.25, 0.3) is 0 Å². The molecule has 5 nitrogen and oxygen atoms in total. The van der Waals surface area contributed by atoms with Crippen LogP contribution in [0.1, 0.15) is 25.8 Å². The van der Waals surface area contributed by atoms with E-state index in [1.54, 1.807) is 0 Å². The van der Waals surface area contributed by atoms with Gasteiger partial charge in [-0.2, -0.15) is 0 Å². The zero-order valence-corrected chi connectivity index (χ0v) is 12.4. The van der Waals surface area contributed by atoms with Crippen molar-refractivity contribution in [2.45, 2.75) is 33.2 Å². The predicted octanol–water partition coefficient (Wildman–Crippen LogP) is 2.70. The van der Waals surface area contributed by atoms with Gasteiger partial charge in [0.1, 0.15) is 6.04 Å². The Labute approximate surface area is 119 Å². The van der Waals surface area contributed by atoms with Crippen LogP contribution >= 0.6 is 0 Å². The first-order valence-corrected chi connectivity index (χ1v) is 6.70. The summed E-state index contributed by atoms with van der Waals surface area (Å²) in [6.07, 6.45) is 0.768. The molecule has 110 valence electrons. The number of ether oxygens (including phenoxy) is 1. The van der Waals surface area contributed by atoms with Crippen LogP contribution in [0.5, 0.6) is 0 Å². The number of esters is 1. The van der Waals surface area contributed by atoms with E-state index < -0.39 is 18.0 Å². The maximum Gasteiger partial charge on any atom is 0.328 e. The van der Waals surface area contributed by atoms with E-state index >= 15 is 0 Å². The monoisotopic (exact) mass is 278 g/mol. The van der Waals surface area contributed by atoms with E-state index in [4.69, 9.17) is 4.74 Å². The number of rotatable bonds is 5. The van der Waals surface area contributed by atoms with Gasteiger partial charge in [0.25, 0.3) is 0 Å². The Balaban J connectivity index is 2.66. The number of amides is 2. The zero-order chi connectivity index (χ0) is 15.1. The van der Waals surface area contributed by atoms with Crippen LogP contribution in [0.4, 0.5) is 10.5 Å². The minimum Gasteiger partial charge on any atom is -0.467 e. The summed E-state index contributed by atoms with van der Waals surface area (Å²) in [6, 6.07) is 6.38. The van der Waals surface area contributed by atoms with Gasteiger partial charge in [0.05, 0.1) is 7.11 Å². The molecule has 1 rings (SSSR count). The Morgan fingerprint density at radius 1 is 1.25 bits per heavy atom. The summed E-state index contributed by atoms with van der Waals surface area (Å²) < 4.78 is 4.72. The first kappa shape index (κ1) is 16.0. The van der Waals surface area contributed by atoms with Crippen LogP contribution in [0.15, 0.2) is 24.3 Å². The molecule has 2 unspecified atom stereocenters. The summed E-state index contributed by atoms with van der Waals surface area (Å²) >= 11 is 0. The molecular formula is C15H22N2O3. The minimum absolute atomic E-state index is 0.00576. The summed E-state index contributed by atoms with van der Waals surface area (Å²) in [4.78, 5) is 23.6. The Hall–Kier alpha value is -2.04. The number of methoxy groups -OCH3 is 1. The topological polar surface area (TPSA) is 67.4 Å². The molecule has 0 aliphatic rings. The van der Waals surface area contributed by atoms with Crippen LogP contribution < -0.4 is 10.6 Å². The molecule has 0 saturated heterocycles. The van der Waals surface area contributed by atoms with Gasteiger partial charge >= 0.3 is 12.0 Å². The lowest BCUT2D eigenvalue weighted by atomic mass is 9.99. The van der Waals surface area contributed by atoms with E-state index in [0.717, 1.165) is 12.0 Å². The van der Waals surface area contributed by atoms with Gasteiger partial charge in [-0.05, 0) is 25.0 Å². The Morgan fingerprint density at radius 3 is 2.35 bits per heavy atom. The number of hydrogen-bond acceptors (Lipinski definition) is 3. The average molecular weight is 278 g/mol. The first-order valence-electron chi connectivity index (χ1n) is 6.70. The van der Waals surface area contributed by atoms with Gasteiger partial charge in [-0.25, -0.2) is 9.59 Å². The lowest BCUT2D eigenvalue weighted by molar-refractivity contribution is -0.144. The molecule has 0 aliphatic heterocycles. The van der Waals surface area contributed by atoms with Crippen molar-refractivity contribution in [1.82, 2.24) is 5.32 Å². The van der Waals surface area contributed by atoms with Crippen molar-refractivity contribution < 1.29 is 14.3 Å². The average Bonchev–Trinajstić information content (AvgIpc) is 2.45. The number of urea groups is 1. The fraction of sp³-hybridized carbons (Fsp3) is 0.467. The number of benzene rings is 1. The third-order valence-corrected chi connectivity index (χ3v) is 3.26. The second-order valence-corrected chi connectivity index (χ2v) is 4.85. The molecule has 2 atom stereocenters. The van der Waals surface area contributed by atoms with E-state index in [9.17, 15) is 9.59 Å². The normalized spacial score (nSPS) is 13.2. The van der Waals surface area contributed by atoms with Gasteiger partial charge in [-0.3, -0.25) is 0 Å². The van der Waals surface area contributed by atoms with Gasteiger partial charge in [-0.1, -0.05) is 38.0 Å². The van der Waals surface area contributed by atoms with E-state index in [-0.39, 0.29) is 5.92 Å². The Morgan fingerprint density at radius 2 is 1.85 bits per heavy atom. The molecule has 0 spiro atoms. The van der Waals surface area contributed by atoms with Crippen molar-refractivity contribution in [2.24, 2.45) is 5.92 Å². The molecule has 20 heavy (non-hydrogen) atoms. The second kappa shape index (κ2) is 7.53. The number of nitrogens with one attached hydrogen (secondary N) is 2. The molecule has 0 saturated carbocycles. The molecule has 1 aromatic carbocycles. The molecule has 0 bridgehead atoms. The van der Waals surface area contributed by atoms with Crippen molar-refractivity contribution in [3.63, 3.8) is 0 Å². The third-order valence-electron chi connectivity index (χ3n) is 3.26. The summed E-state index contributed by atoms with van der Waals surface area (Å²) in [5, 5.41) is 5.36. The first-order chi connectivity index (χ1) is 9.47. The summed E-state index contributed by atoms with van der Waals surface area (Å²) in [7, 11) is 1.32. The maximum absolute atomic E-state index is 11.9. The van der Waals surface area contributed by atoms with Gasteiger partial charge in [0, 0.05) is 5.69 Å². The Bertz CT molecular complexity index is 457. The van der Waals surface area contributed by atoms with Crippen molar-refractivity contribution in [3.05, 3.63) is 29.8 Å². The maximum atomic E-state index is 11.9. The van der Waals surface area contributed by atoms with E-state index in [1.807, 2.05) is 45.0 Å². The van der Waals surface area contributed by atoms with Gasteiger partial charge in [0.15, 0.2) is 0 Å². The largest absolute Gasteiger partial charge is 0.467 e. The predicted molar refractivity (Wildman–Crippen MR) is 78.6 cm³/mol. The van der Waals surface area contributed by atoms with Crippen molar-refractivity contribution in [3.8, 4) is 0 Å². The molecular weight excluding hydrogens is 256 g/mol. The minimum atomic E-state index is -0.643. The summed E-state index contributed by atoms with van der Waals surface area (Å²) in [5.74, 6) is -0.426. The SMILES string of the molecule is CCC(C)C(NC(=O)Nc1ccc(C)cc1)C(=O)OC. The quantitative estimate of drug-likeness (QED) is 0.814. The Kier molecular flexibility index (Phi) is 6.03. The third kappa shape index (κ3) is 4.57. The molecule has 0 fully saturated rings. The summed E-state index contributed by atoms with van der Waals surface area (Å²) in [6.45, 7) is 5.83. The molecule has 5 heteroatoms. The number of anilines is 1. The van der Waals surface area contributed by atoms with Gasteiger partial charge < -0.3 is 15.4 Å². The number of carbonyl (C=O) groups is 2. The molecule has 2 amide bonds. The highest BCUT2D eigenvalue weighted by atomic mass is 16.5. The fourth-order valence-corrected chi connectivity index (χ4v) is 1.74. The van der Waals surface area contributed by atoms with Crippen LogP contribution in [-0.2, 0) is 9.53 Å². The lowest BCUT2D eigenvalue weighted by Crippen LogP contribution is -2.47. The van der Waals surface area contributed by atoms with Gasteiger partial charge in [-0.15, -0.1) is 0 Å². The smallest absolute Gasteiger partial charge is 0.328 e. The van der Waals surface area contributed by atoms with Crippen LogP contribution in [0.3, 0.4) is 0 Å². The standard InChI is InChI=1S/C15H22N2O3/c1-5-11(3)13(14(18)20-4)17-15(19)16-12-8-6-10(2)7-9-12/h6-9,11,13H,5H2,1-4H3,(H2,16,17,19). The van der Waals surface area contributed by atoms with Crippen LogP contribution in [0, 0.1) is 12.8 Å². The summed E-state index contributed by atoms with van der Waals surface area (Å²) in [5.41, 5.74) is 1.80. The molecule has 0 aliphatic carbocycles. The van der Waals surface area contributed by atoms with Crippen LogP contribution in [0.2, 0.25) is 0 Å². The second-order valence-electron chi connectivity index (χ2n) is 4.85. The highest BCUT2D eigenvalue weighted by Gasteiger charge is 2.26. The molecule has 1 aromatic rings. The van der Waals surface area contributed by atoms with Crippen molar-refractivity contribution >= 4 is 17.7 Å². The number of aryl methyl sites for hydroxylation is 1. The van der Waals surface area contributed by atoms with E-state index in [0.29, 0.717) is 5.69 Å². The van der Waals surface area contributed by atoms with Gasteiger partial charge in [0.2, 0.25) is 0 Å². The zero-order valence-electron chi connectivity index (χ0n) is 12.4. The molecule has 0 radical (unpaired) electrons. The molecule has 2 N–H and O–H groups in total. The lowest BCUT2D eigenvalue weighted by Gasteiger charge is -2.22. The van der Waals surface area contributed by atoms with Crippen LogP contribution in [-0.4, -0.2) is 25.2 Å².